The predicted molar refractivity (Wildman–Crippen MR) is 141 cm³/mol. The maximum Gasteiger partial charge on any atom is 0.261 e. The number of carbonyl (C=O) groups excluding carboxylic acids is 1. The van der Waals surface area contributed by atoms with Crippen LogP contribution in [0.2, 0.25) is 0 Å². The first-order valence-electron chi connectivity index (χ1n) is 11.7. The Labute approximate surface area is 221 Å². The number of methoxy groups -OCH3 is 2. The topological polar surface area (TPSA) is 129 Å². The van der Waals surface area contributed by atoms with E-state index in [2.05, 4.69) is 20.3 Å². The highest BCUT2D eigenvalue weighted by molar-refractivity contribution is 6.04. The van der Waals surface area contributed by atoms with Crippen LogP contribution in [-0.4, -0.2) is 35.1 Å². The average molecular weight is 531 g/mol. The third-order valence-corrected chi connectivity index (χ3v) is 5.94. The van der Waals surface area contributed by atoms with E-state index in [0.29, 0.717) is 34.0 Å². The molecule has 0 bridgehead atoms. The van der Waals surface area contributed by atoms with E-state index >= 15 is 4.39 Å². The molecule has 10 nitrogen and oxygen atoms in total. The Balaban J connectivity index is 1.40. The van der Waals surface area contributed by atoms with Crippen LogP contribution in [0.15, 0.2) is 64.1 Å². The number of aryl methyl sites for hydroxylation is 2. The van der Waals surface area contributed by atoms with Gasteiger partial charge in [0.2, 0.25) is 5.43 Å². The minimum Gasteiger partial charge on any atom is -0.491 e. The highest BCUT2D eigenvalue weighted by atomic mass is 19.1. The summed E-state index contributed by atoms with van der Waals surface area (Å²) in [4.78, 5) is 37.6. The van der Waals surface area contributed by atoms with E-state index in [1.807, 2.05) is 0 Å². The highest BCUT2D eigenvalue weighted by Gasteiger charge is 2.20. The number of benzene rings is 1. The lowest BCUT2D eigenvalue weighted by atomic mass is 10.1. The van der Waals surface area contributed by atoms with E-state index in [1.165, 1.54) is 44.8 Å². The van der Waals surface area contributed by atoms with Crippen molar-refractivity contribution in [3.63, 3.8) is 0 Å². The molecular weight excluding hydrogens is 507 g/mol. The van der Waals surface area contributed by atoms with Crippen molar-refractivity contribution in [3.8, 4) is 34.5 Å². The second-order valence-corrected chi connectivity index (χ2v) is 8.52. The standard InChI is InChI=1S/C28H23FN4O6/c1-14-5-7-21(38-14)24-15(2)31-13-17(26(24)34)27(35)32-16-6-8-20(18(29)11-16)39-22-9-10-30-19-12-23(36-3)28(37-4)33-25(19)22/h5-13H,1-4H3,(H,31,34)(H,32,35). The van der Waals surface area contributed by atoms with Gasteiger partial charge in [0.15, 0.2) is 23.1 Å². The van der Waals surface area contributed by atoms with Crippen LogP contribution in [0.5, 0.6) is 23.1 Å². The van der Waals surface area contributed by atoms with Gasteiger partial charge in [-0.3, -0.25) is 14.6 Å². The van der Waals surface area contributed by atoms with Gasteiger partial charge in [-0.25, -0.2) is 9.37 Å². The zero-order valence-electron chi connectivity index (χ0n) is 21.4. The van der Waals surface area contributed by atoms with E-state index in [4.69, 9.17) is 18.6 Å². The van der Waals surface area contributed by atoms with Gasteiger partial charge in [-0.05, 0) is 38.1 Å². The molecule has 5 aromatic rings. The van der Waals surface area contributed by atoms with Crippen LogP contribution in [0, 0.1) is 19.7 Å². The van der Waals surface area contributed by atoms with E-state index < -0.39 is 17.2 Å². The number of hydrogen-bond donors (Lipinski definition) is 2. The SMILES string of the molecule is COc1cc2nccc(Oc3ccc(NC(=O)c4c[nH]c(C)c(-c5ccc(C)o5)c4=O)cc3F)c2nc1OC. The van der Waals surface area contributed by atoms with Crippen LogP contribution in [0.1, 0.15) is 21.8 Å². The van der Waals surface area contributed by atoms with Gasteiger partial charge >= 0.3 is 0 Å². The normalized spacial score (nSPS) is 10.9. The molecule has 0 spiro atoms. The molecule has 5 rings (SSSR count). The number of H-pyrrole nitrogens is 1. The lowest BCUT2D eigenvalue weighted by Gasteiger charge is -2.12. The van der Waals surface area contributed by atoms with Crippen LogP contribution in [0.25, 0.3) is 22.4 Å². The Morgan fingerprint density at radius 2 is 1.85 bits per heavy atom. The largest absolute Gasteiger partial charge is 0.491 e. The summed E-state index contributed by atoms with van der Waals surface area (Å²) in [6.45, 7) is 3.46. The number of carbonyl (C=O) groups is 1. The van der Waals surface area contributed by atoms with Crippen molar-refractivity contribution >= 4 is 22.6 Å². The summed E-state index contributed by atoms with van der Waals surface area (Å²) >= 11 is 0. The molecule has 0 unspecified atom stereocenters. The highest BCUT2D eigenvalue weighted by Crippen LogP contribution is 2.35. The van der Waals surface area contributed by atoms with Crippen molar-refractivity contribution in [1.82, 2.24) is 15.0 Å². The number of anilines is 1. The maximum atomic E-state index is 15.0. The molecule has 1 aromatic carbocycles. The van der Waals surface area contributed by atoms with Gasteiger partial charge in [0.25, 0.3) is 11.8 Å². The molecule has 4 aromatic heterocycles. The fraction of sp³-hybridized carbons (Fsp3) is 0.143. The summed E-state index contributed by atoms with van der Waals surface area (Å²) in [5.74, 6) is 0.261. The molecule has 0 fully saturated rings. The number of rotatable bonds is 7. The Kier molecular flexibility index (Phi) is 6.72. The van der Waals surface area contributed by atoms with E-state index in [-0.39, 0.29) is 34.2 Å². The second-order valence-electron chi connectivity index (χ2n) is 8.52. The second kappa shape index (κ2) is 10.3. The summed E-state index contributed by atoms with van der Waals surface area (Å²) in [5, 5.41) is 2.55. The van der Waals surface area contributed by atoms with E-state index in [1.54, 1.807) is 32.0 Å². The number of amides is 1. The third-order valence-electron chi connectivity index (χ3n) is 5.94. The molecule has 0 saturated heterocycles. The Morgan fingerprint density at radius 1 is 1.03 bits per heavy atom. The van der Waals surface area contributed by atoms with Crippen molar-refractivity contribution in [2.75, 3.05) is 19.5 Å². The fourth-order valence-electron chi connectivity index (χ4n) is 4.02. The summed E-state index contributed by atoms with van der Waals surface area (Å²) in [6, 6.07) is 10.5. The monoisotopic (exact) mass is 530 g/mol. The van der Waals surface area contributed by atoms with Gasteiger partial charge in [0.1, 0.15) is 22.6 Å². The number of nitrogens with zero attached hydrogens (tertiary/aromatic N) is 2. The van der Waals surface area contributed by atoms with Crippen molar-refractivity contribution in [3.05, 3.63) is 87.9 Å². The molecule has 1 amide bonds. The summed E-state index contributed by atoms with van der Waals surface area (Å²) in [5.41, 5.74) is 1.07. The maximum absolute atomic E-state index is 15.0. The molecule has 4 heterocycles. The quantitative estimate of drug-likeness (QED) is 0.286. The van der Waals surface area contributed by atoms with Crippen molar-refractivity contribution in [2.24, 2.45) is 0 Å². The molecule has 0 aliphatic carbocycles. The fourth-order valence-corrected chi connectivity index (χ4v) is 4.02. The van der Waals surface area contributed by atoms with Gasteiger partial charge in [0, 0.05) is 42.0 Å². The molecule has 0 saturated carbocycles. The number of halogens is 1. The molecular formula is C28H23FN4O6. The third kappa shape index (κ3) is 4.89. The number of nitrogens with one attached hydrogen (secondary N) is 2. The van der Waals surface area contributed by atoms with Crippen molar-refractivity contribution < 1.29 is 27.8 Å². The predicted octanol–water partition coefficient (Wildman–Crippen LogP) is 5.40. The van der Waals surface area contributed by atoms with Gasteiger partial charge in [-0.2, -0.15) is 0 Å². The molecule has 11 heteroatoms. The molecule has 39 heavy (non-hydrogen) atoms. The van der Waals surface area contributed by atoms with E-state index in [0.717, 1.165) is 6.07 Å². The summed E-state index contributed by atoms with van der Waals surface area (Å²) in [6.07, 6.45) is 2.81. The van der Waals surface area contributed by atoms with Gasteiger partial charge < -0.3 is 28.9 Å². The molecule has 0 aliphatic heterocycles. The number of hydrogen-bond acceptors (Lipinski definition) is 8. The Morgan fingerprint density at radius 3 is 2.54 bits per heavy atom. The summed E-state index contributed by atoms with van der Waals surface area (Å²) in [7, 11) is 2.93. The number of aromatic nitrogens is 3. The van der Waals surface area contributed by atoms with Crippen LogP contribution in [-0.2, 0) is 0 Å². The van der Waals surface area contributed by atoms with Crippen LogP contribution >= 0.6 is 0 Å². The number of pyridine rings is 3. The van der Waals surface area contributed by atoms with Crippen LogP contribution in [0.3, 0.4) is 0 Å². The van der Waals surface area contributed by atoms with Crippen molar-refractivity contribution in [2.45, 2.75) is 13.8 Å². The van der Waals surface area contributed by atoms with Crippen LogP contribution in [0.4, 0.5) is 10.1 Å². The lowest BCUT2D eigenvalue weighted by Crippen LogP contribution is -2.23. The van der Waals surface area contributed by atoms with Crippen molar-refractivity contribution in [1.29, 1.82) is 0 Å². The molecule has 0 atom stereocenters. The Bertz CT molecular complexity index is 1780. The minimum atomic E-state index is -0.747. The first kappa shape index (κ1) is 25.5. The number of ether oxygens (including phenoxy) is 3. The van der Waals surface area contributed by atoms with E-state index in [9.17, 15) is 9.59 Å². The summed E-state index contributed by atoms with van der Waals surface area (Å²) < 4.78 is 36.9. The average Bonchev–Trinajstić information content (AvgIpc) is 3.35. The first-order chi connectivity index (χ1) is 18.8. The zero-order chi connectivity index (χ0) is 27.7. The number of fused-ring (bicyclic) bond motifs is 1. The smallest absolute Gasteiger partial charge is 0.261 e. The van der Waals surface area contributed by atoms with Gasteiger partial charge in [0.05, 0.1) is 25.3 Å². The number of aromatic amines is 1. The first-order valence-corrected chi connectivity index (χ1v) is 11.7. The molecule has 2 N–H and O–H groups in total. The van der Waals surface area contributed by atoms with Crippen LogP contribution < -0.4 is 25.0 Å². The molecule has 0 radical (unpaired) electrons. The number of furan rings is 1. The lowest BCUT2D eigenvalue weighted by molar-refractivity contribution is 0.102. The minimum absolute atomic E-state index is 0.110. The van der Waals surface area contributed by atoms with Gasteiger partial charge in [-0.15, -0.1) is 0 Å². The Hall–Kier alpha value is -5.19. The zero-order valence-corrected chi connectivity index (χ0v) is 21.4. The molecule has 198 valence electrons. The molecule has 0 aliphatic rings. The van der Waals surface area contributed by atoms with Gasteiger partial charge in [-0.1, -0.05) is 0 Å².